The third-order valence-electron chi connectivity index (χ3n) is 8.46. The number of carbonyl (C=O) groups is 10. The topological polar surface area (TPSA) is 337 Å². The fourth-order valence-corrected chi connectivity index (χ4v) is 4.45. The van der Waals surface area contributed by atoms with Gasteiger partial charge in [-0.05, 0) is 66.5 Å². The largest absolute Gasteiger partial charge is 0.445 e. The molecule has 0 radical (unpaired) electrons. The molecule has 0 saturated carbocycles. The Morgan fingerprint density at radius 3 is 0.797 bits per heavy atom. The van der Waals surface area contributed by atoms with Gasteiger partial charge in [-0.15, -0.1) is 24.8 Å². The Labute approximate surface area is 383 Å². The molecular formula is C40H60Cl2N10O12. The zero-order chi connectivity index (χ0) is 47.1. The van der Waals surface area contributed by atoms with Crippen molar-refractivity contribution in [2.24, 2.45) is 11.5 Å². The summed E-state index contributed by atoms with van der Waals surface area (Å²) in [7, 11) is 0. The summed E-state index contributed by atoms with van der Waals surface area (Å²) >= 11 is 0. The molecule has 2 aromatic carbocycles. The highest BCUT2D eigenvalue weighted by molar-refractivity contribution is 5.96. The van der Waals surface area contributed by atoms with Crippen LogP contribution in [0.25, 0.3) is 0 Å². The fraction of sp³-hybridized carbons (Fsp3) is 0.450. The second-order valence-electron chi connectivity index (χ2n) is 14.0. The van der Waals surface area contributed by atoms with Crippen LogP contribution in [0.4, 0.5) is 9.59 Å². The van der Waals surface area contributed by atoms with Crippen molar-refractivity contribution in [3.63, 3.8) is 0 Å². The third-order valence-corrected chi connectivity index (χ3v) is 8.46. The van der Waals surface area contributed by atoms with Crippen molar-refractivity contribution >= 4 is 84.3 Å². The number of hydrogen-bond donors (Lipinski definition) is 10. The van der Waals surface area contributed by atoms with E-state index in [1.54, 1.807) is 24.3 Å². The first-order chi connectivity index (χ1) is 29.0. The molecule has 12 N–H and O–H groups in total. The first-order valence-corrected chi connectivity index (χ1v) is 19.4. The lowest BCUT2D eigenvalue weighted by Gasteiger charge is -2.21. The summed E-state index contributed by atoms with van der Waals surface area (Å²) in [5.41, 5.74) is 11.7. The molecular weight excluding hydrogens is 883 g/mol. The third kappa shape index (κ3) is 23.5. The highest BCUT2D eigenvalue weighted by Gasteiger charge is 2.27. The molecule has 0 saturated heterocycles. The first kappa shape index (κ1) is 59.4. The summed E-state index contributed by atoms with van der Waals surface area (Å²) in [6.45, 7) is 11.5. The maximum absolute atomic E-state index is 12.2. The number of nitrogens with two attached hydrogens (primary N) is 2. The molecule has 0 unspecified atom stereocenters. The Hall–Kier alpha value is -6.68. The zero-order valence-corrected chi connectivity index (χ0v) is 38.3. The minimum absolute atomic E-state index is 0. The summed E-state index contributed by atoms with van der Waals surface area (Å²) in [6.07, 6.45) is -1.56. The van der Waals surface area contributed by atoms with Crippen molar-refractivity contribution in [1.29, 1.82) is 0 Å². The number of carbonyl (C=O) groups excluding carboxylic acids is 10. The number of benzene rings is 2. The summed E-state index contributed by atoms with van der Waals surface area (Å²) < 4.78 is 10.1. The molecule has 0 aliphatic carbocycles. The number of alkyl carbamates (subject to hydrolysis) is 2. The first-order valence-electron chi connectivity index (χ1n) is 19.4. The average Bonchev–Trinajstić information content (AvgIpc) is 3.22. The lowest BCUT2D eigenvalue weighted by atomic mass is 10.2. The Morgan fingerprint density at radius 2 is 0.578 bits per heavy atom. The quantitative estimate of drug-likeness (QED) is 0.0800. The van der Waals surface area contributed by atoms with Gasteiger partial charge in [0.25, 0.3) is 0 Å². The molecule has 0 spiro atoms. The highest BCUT2D eigenvalue weighted by Crippen LogP contribution is 2.02. The van der Waals surface area contributed by atoms with Crippen molar-refractivity contribution in [3.8, 4) is 0 Å². The average molecular weight is 944 g/mol. The van der Waals surface area contributed by atoms with Gasteiger partial charge in [0.15, 0.2) is 0 Å². The molecule has 10 amide bonds. The summed E-state index contributed by atoms with van der Waals surface area (Å²) in [6, 6.07) is 10.5. The highest BCUT2D eigenvalue weighted by atomic mass is 35.5. The predicted octanol–water partition coefficient (Wildman–Crippen LogP) is -0.555. The smallest absolute Gasteiger partial charge is 0.408 e. The van der Waals surface area contributed by atoms with Crippen LogP contribution in [0.5, 0.6) is 0 Å². The molecule has 0 aromatic heterocycles. The van der Waals surface area contributed by atoms with Crippen LogP contribution in [0.3, 0.4) is 0 Å². The Balaban J connectivity index is 0. The Kier molecular flexibility index (Phi) is 28.2. The van der Waals surface area contributed by atoms with Gasteiger partial charge in [0.2, 0.25) is 47.3 Å². The normalized spacial score (nSPS) is 13.8. The molecule has 64 heavy (non-hydrogen) atoms. The maximum atomic E-state index is 12.2. The van der Waals surface area contributed by atoms with Crippen molar-refractivity contribution in [1.82, 2.24) is 42.5 Å². The van der Waals surface area contributed by atoms with Crippen LogP contribution in [0.1, 0.15) is 66.5 Å². The molecule has 2 rings (SSSR count). The van der Waals surface area contributed by atoms with Crippen molar-refractivity contribution < 1.29 is 57.4 Å². The van der Waals surface area contributed by atoms with E-state index < -0.39 is 108 Å². The van der Waals surface area contributed by atoms with Crippen LogP contribution in [0, 0.1) is 0 Å². The minimum Gasteiger partial charge on any atom is -0.445 e. The van der Waals surface area contributed by atoms with Gasteiger partial charge in [0.05, 0.1) is 0 Å². The van der Waals surface area contributed by atoms with Gasteiger partial charge >= 0.3 is 12.2 Å². The second-order valence-corrected chi connectivity index (χ2v) is 14.0. The van der Waals surface area contributed by atoms with Gasteiger partial charge in [-0.1, -0.05) is 60.7 Å². The van der Waals surface area contributed by atoms with Gasteiger partial charge in [0.1, 0.15) is 61.5 Å². The molecule has 2 aromatic rings. The number of amides is 10. The lowest BCUT2D eigenvalue weighted by molar-refractivity contribution is -0.132. The predicted molar refractivity (Wildman–Crippen MR) is 237 cm³/mol. The van der Waals surface area contributed by atoms with Crippen LogP contribution in [-0.2, 0) is 61.0 Å². The minimum atomic E-state index is -0.985. The van der Waals surface area contributed by atoms with Crippen LogP contribution in [0.15, 0.2) is 60.7 Å². The zero-order valence-electron chi connectivity index (χ0n) is 36.7. The Bertz CT molecular complexity index is 1750. The molecule has 24 heteroatoms. The monoisotopic (exact) mass is 942 g/mol. The fourth-order valence-electron chi connectivity index (χ4n) is 4.45. The number of halogens is 2. The summed E-state index contributed by atoms with van der Waals surface area (Å²) in [5.74, 6) is -5.10. The van der Waals surface area contributed by atoms with E-state index in [0.29, 0.717) is 0 Å². The number of rotatable bonds is 20. The van der Waals surface area contributed by atoms with Crippen LogP contribution >= 0.6 is 24.8 Å². The van der Waals surface area contributed by atoms with Gasteiger partial charge in [-0.3, -0.25) is 38.4 Å². The van der Waals surface area contributed by atoms with E-state index in [4.69, 9.17) is 20.9 Å². The van der Waals surface area contributed by atoms with Crippen molar-refractivity contribution in [2.45, 2.75) is 117 Å². The number of primary amides is 2. The molecule has 0 aliphatic heterocycles. The Morgan fingerprint density at radius 1 is 0.375 bits per heavy atom. The maximum Gasteiger partial charge on any atom is 0.408 e. The molecule has 8 atom stereocenters. The molecule has 0 fully saturated rings. The summed E-state index contributed by atoms with van der Waals surface area (Å²) in [4.78, 5) is 118. The molecule has 0 bridgehead atoms. The van der Waals surface area contributed by atoms with E-state index in [-0.39, 0.29) is 38.0 Å². The van der Waals surface area contributed by atoms with E-state index in [1.165, 1.54) is 55.4 Å². The SMILES string of the molecule is C[C@H](NC(=O)[C@H](C)NC(=O)[C@H](C)NC(=O)[C@H](C)NC(=O)OCc1ccccc1)C(N)=O.C[C@H](NC(=O)[C@H](C)NC(=O)[C@H](C)NC(=O)[C@H](C)NC(=O)OCc1ccccc1)C(N)=O.Cl.Cl. The van der Waals surface area contributed by atoms with Gasteiger partial charge in [-0.25, -0.2) is 9.59 Å². The van der Waals surface area contributed by atoms with Crippen LogP contribution < -0.4 is 54.0 Å². The van der Waals surface area contributed by atoms with Gasteiger partial charge in [-0.2, -0.15) is 0 Å². The number of hydrogen-bond acceptors (Lipinski definition) is 12. The molecule has 356 valence electrons. The van der Waals surface area contributed by atoms with Crippen LogP contribution in [-0.4, -0.2) is 108 Å². The number of nitrogens with one attached hydrogen (secondary N) is 8. The molecule has 0 aliphatic rings. The molecule has 0 heterocycles. The van der Waals surface area contributed by atoms with E-state index in [0.717, 1.165) is 11.1 Å². The van der Waals surface area contributed by atoms with Crippen molar-refractivity contribution in [2.75, 3.05) is 0 Å². The number of ether oxygens (including phenoxy) is 2. The van der Waals surface area contributed by atoms with Crippen LogP contribution in [0.2, 0.25) is 0 Å². The van der Waals surface area contributed by atoms with E-state index >= 15 is 0 Å². The standard InChI is InChI=1S/2C20H29N5O6.2ClH/c2*1-11(16(21)26)22-17(27)12(2)23-18(28)13(3)24-19(29)14(4)25-20(30)31-10-15-8-6-5-7-9-15;;/h2*5-9,11-14H,10H2,1-4H3,(H2,21,26)(H,22,27)(H,23,28)(H,24,29)(H,25,30);2*1H/t2*11-,12-,13-,14-;;/m00../s1. The van der Waals surface area contributed by atoms with E-state index in [1.807, 2.05) is 36.4 Å². The van der Waals surface area contributed by atoms with E-state index in [9.17, 15) is 47.9 Å². The second kappa shape index (κ2) is 30.4. The van der Waals surface area contributed by atoms with Gasteiger partial charge < -0.3 is 63.5 Å². The van der Waals surface area contributed by atoms with E-state index in [2.05, 4.69) is 42.5 Å². The van der Waals surface area contributed by atoms with Gasteiger partial charge in [0, 0.05) is 0 Å². The summed E-state index contributed by atoms with van der Waals surface area (Å²) in [5, 5.41) is 19.2. The van der Waals surface area contributed by atoms with Crippen molar-refractivity contribution in [3.05, 3.63) is 71.8 Å². The lowest BCUT2D eigenvalue weighted by Crippen LogP contribution is -2.55. The molecule has 22 nitrogen and oxygen atoms in total.